The molecular weight excluding hydrogens is 272 g/mol. The van der Waals surface area contributed by atoms with Crippen LogP contribution in [-0.4, -0.2) is 35.8 Å². The second-order valence-corrected chi connectivity index (χ2v) is 5.72. The highest BCUT2D eigenvalue weighted by molar-refractivity contribution is 7.17. The van der Waals surface area contributed by atoms with Crippen LogP contribution in [0.25, 0.3) is 6.08 Å². The number of amides is 2. The van der Waals surface area contributed by atoms with Gasteiger partial charge in [-0.25, -0.2) is 0 Å². The van der Waals surface area contributed by atoms with Crippen LogP contribution in [0.15, 0.2) is 18.2 Å². The number of nitrogens with one attached hydrogen (secondary N) is 1. The first-order valence-corrected chi connectivity index (χ1v) is 6.79. The molecular formula is C12H13ClN2O2S. The lowest BCUT2D eigenvalue weighted by Gasteiger charge is -2.31. The molecule has 1 aliphatic heterocycles. The van der Waals surface area contributed by atoms with E-state index in [0.717, 1.165) is 4.88 Å². The smallest absolute Gasteiger partial charge is 0.247 e. The van der Waals surface area contributed by atoms with Crippen molar-refractivity contribution in [2.45, 2.75) is 13.0 Å². The third-order valence-electron chi connectivity index (χ3n) is 2.77. The zero-order valence-electron chi connectivity index (χ0n) is 9.85. The number of carbonyl (C=O) groups is 2. The molecule has 0 bridgehead atoms. The van der Waals surface area contributed by atoms with Gasteiger partial charge in [-0.2, -0.15) is 0 Å². The number of thiophene rings is 1. The maximum absolute atomic E-state index is 12.0. The monoisotopic (exact) mass is 284 g/mol. The van der Waals surface area contributed by atoms with E-state index in [1.54, 1.807) is 24.0 Å². The number of carbonyl (C=O) groups excluding carboxylic acids is 2. The van der Waals surface area contributed by atoms with Crippen molar-refractivity contribution in [2.75, 3.05) is 13.1 Å². The molecule has 0 spiro atoms. The molecule has 1 aromatic rings. The third kappa shape index (κ3) is 2.91. The lowest BCUT2D eigenvalue weighted by molar-refractivity contribution is -0.139. The topological polar surface area (TPSA) is 49.4 Å². The van der Waals surface area contributed by atoms with Crippen molar-refractivity contribution in [3.8, 4) is 0 Å². The average molecular weight is 285 g/mol. The molecule has 1 atom stereocenters. The molecule has 2 heterocycles. The maximum atomic E-state index is 12.0. The van der Waals surface area contributed by atoms with Gasteiger partial charge in [0.05, 0.1) is 4.34 Å². The summed E-state index contributed by atoms with van der Waals surface area (Å²) in [5, 5.41) is 2.72. The third-order valence-corrected chi connectivity index (χ3v) is 3.96. The van der Waals surface area contributed by atoms with E-state index in [1.807, 2.05) is 6.07 Å². The zero-order valence-corrected chi connectivity index (χ0v) is 11.4. The highest BCUT2D eigenvalue weighted by Crippen LogP contribution is 2.22. The van der Waals surface area contributed by atoms with E-state index in [0.29, 0.717) is 17.4 Å². The zero-order chi connectivity index (χ0) is 13.1. The van der Waals surface area contributed by atoms with Gasteiger partial charge in [0.2, 0.25) is 11.8 Å². The van der Waals surface area contributed by atoms with Gasteiger partial charge in [-0.3, -0.25) is 9.59 Å². The summed E-state index contributed by atoms with van der Waals surface area (Å²) >= 11 is 7.21. The largest absolute Gasteiger partial charge is 0.353 e. The van der Waals surface area contributed by atoms with Crippen LogP contribution >= 0.6 is 22.9 Å². The lowest BCUT2D eigenvalue weighted by Crippen LogP contribution is -2.55. The van der Waals surface area contributed by atoms with Crippen LogP contribution in [0, 0.1) is 0 Å². The van der Waals surface area contributed by atoms with Crippen molar-refractivity contribution in [3.63, 3.8) is 0 Å². The average Bonchev–Trinajstić information content (AvgIpc) is 2.76. The SMILES string of the molecule is CC1C(=O)NCCN1C(=O)C=Cc1ccc(Cl)s1. The molecule has 1 fully saturated rings. The van der Waals surface area contributed by atoms with Gasteiger partial charge in [-0.1, -0.05) is 11.6 Å². The summed E-state index contributed by atoms with van der Waals surface area (Å²) in [5.41, 5.74) is 0. The summed E-state index contributed by atoms with van der Waals surface area (Å²) in [6.07, 6.45) is 3.20. The summed E-state index contributed by atoms with van der Waals surface area (Å²) in [7, 11) is 0. The fourth-order valence-electron chi connectivity index (χ4n) is 1.75. The number of rotatable bonds is 2. The minimum atomic E-state index is -0.414. The van der Waals surface area contributed by atoms with Crippen molar-refractivity contribution in [2.24, 2.45) is 0 Å². The van der Waals surface area contributed by atoms with E-state index < -0.39 is 6.04 Å². The highest BCUT2D eigenvalue weighted by atomic mass is 35.5. The van der Waals surface area contributed by atoms with E-state index in [4.69, 9.17) is 11.6 Å². The molecule has 1 aromatic heterocycles. The van der Waals surface area contributed by atoms with Gasteiger partial charge >= 0.3 is 0 Å². The Morgan fingerprint density at radius 2 is 2.39 bits per heavy atom. The Bertz CT molecular complexity index is 498. The molecule has 0 aromatic carbocycles. The molecule has 2 rings (SSSR count). The van der Waals surface area contributed by atoms with E-state index in [-0.39, 0.29) is 11.8 Å². The predicted octanol–water partition coefficient (Wildman–Crippen LogP) is 1.76. The van der Waals surface area contributed by atoms with Gasteiger partial charge in [-0.15, -0.1) is 11.3 Å². The van der Waals surface area contributed by atoms with E-state index in [9.17, 15) is 9.59 Å². The van der Waals surface area contributed by atoms with Crippen LogP contribution in [0.1, 0.15) is 11.8 Å². The molecule has 1 aliphatic rings. The van der Waals surface area contributed by atoms with Crippen LogP contribution < -0.4 is 5.32 Å². The maximum Gasteiger partial charge on any atom is 0.247 e. The molecule has 6 heteroatoms. The van der Waals surface area contributed by atoms with Crippen LogP contribution in [0.3, 0.4) is 0 Å². The summed E-state index contributed by atoms with van der Waals surface area (Å²) in [6.45, 7) is 2.77. The van der Waals surface area contributed by atoms with E-state index >= 15 is 0 Å². The molecule has 96 valence electrons. The Morgan fingerprint density at radius 3 is 3.06 bits per heavy atom. The van der Waals surface area contributed by atoms with Crippen LogP contribution in [0.2, 0.25) is 4.34 Å². The number of hydrogen-bond donors (Lipinski definition) is 1. The Kier molecular flexibility index (Phi) is 4.04. The molecule has 1 N–H and O–H groups in total. The quantitative estimate of drug-likeness (QED) is 0.842. The lowest BCUT2D eigenvalue weighted by atomic mass is 10.2. The predicted molar refractivity (Wildman–Crippen MR) is 72.5 cm³/mol. The van der Waals surface area contributed by atoms with Crippen molar-refractivity contribution in [3.05, 3.63) is 27.4 Å². The Morgan fingerprint density at radius 1 is 1.61 bits per heavy atom. The number of halogens is 1. The summed E-state index contributed by atoms with van der Waals surface area (Å²) in [6, 6.07) is 3.22. The van der Waals surface area contributed by atoms with Gasteiger partial charge < -0.3 is 10.2 Å². The molecule has 2 amide bonds. The fraction of sp³-hybridized carbons (Fsp3) is 0.333. The van der Waals surface area contributed by atoms with Crippen LogP contribution in [-0.2, 0) is 9.59 Å². The van der Waals surface area contributed by atoms with Gasteiger partial charge in [0.25, 0.3) is 0 Å². The summed E-state index contributed by atoms with van der Waals surface area (Å²) in [4.78, 5) is 25.9. The summed E-state index contributed by atoms with van der Waals surface area (Å²) < 4.78 is 0.688. The van der Waals surface area contributed by atoms with Crippen molar-refractivity contribution in [1.29, 1.82) is 0 Å². The number of piperazine rings is 1. The minimum absolute atomic E-state index is 0.109. The second kappa shape index (κ2) is 5.54. The van der Waals surface area contributed by atoms with E-state index in [2.05, 4.69) is 5.32 Å². The summed E-state index contributed by atoms with van der Waals surface area (Å²) in [5.74, 6) is -0.260. The Labute approximate surface area is 114 Å². The highest BCUT2D eigenvalue weighted by Gasteiger charge is 2.27. The first-order chi connectivity index (χ1) is 8.58. The van der Waals surface area contributed by atoms with Gasteiger partial charge in [0, 0.05) is 24.0 Å². The van der Waals surface area contributed by atoms with Crippen LogP contribution in [0.4, 0.5) is 0 Å². The second-order valence-electron chi connectivity index (χ2n) is 3.97. The fourth-order valence-corrected chi connectivity index (χ4v) is 2.71. The number of hydrogen-bond acceptors (Lipinski definition) is 3. The molecule has 0 radical (unpaired) electrons. The first-order valence-electron chi connectivity index (χ1n) is 5.59. The normalized spacial score (nSPS) is 20.2. The minimum Gasteiger partial charge on any atom is -0.353 e. The standard InChI is InChI=1S/C12H13ClN2O2S/c1-8-12(17)14-6-7-15(8)11(16)5-3-9-2-4-10(13)18-9/h2-5,8H,6-7H2,1H3,(H,14,17). The number of nitrogens with zero attached hydrogens (tertiary/aromatic N) is 1. The Balaban J connectivity index is 2.03. The molecule has 1 saturated heterocycles. The molecule has 1 unspecified atom stereocenters. The molecule has 4 nitrogen and oxygen atoms in total. The van der Waals surface area contributed by atoms with Crippen molar-refractivity contribution >= 4 is 40.8 Å². The molecule has 0 saturated carbocycles. The van der Waals surface area contributed by atoms with Crippen LogP contribution in [0.5, 0.6) is 0 Å². The van der Waals surface area contributed by atoms with E-state index in [1.165, 1.54) is 17.4 Å². The van der Waals surface area contributed by atoms with Crippen molar-refractivity contribution in [1.82, 2.24) is 10.2 Å². The van der Waals surface area contributed by atoms with Gasteiger partial charge in [0.15, 0.2) is 0 Å². The van der Waals surface area contributed by atoms with Gasteiger partial charge in [-0.05, 0) is 25.1 Å². The molecule has 0 aliphatic carbocycles. The molecule has 18 heavy (non-hydrogen) atoms. The van der Waals surface area contributed by atoms with Gasteiger partial charge in [0.1, 0.15) is 6.04 Å². The first kappa shape index (κ1) is 13.1. The van der Waals surface area contributed by atoms with Crippen molar-refractivity contribution < 1.29 is 9.59 Å². The Hall–Kier alpha value is -1.33.